The lowest BCUT2D eigenvalue weighted by Crippen LogP contribution is -1.91. The summed E-state index contributed by atoms with van der Waals surface area (Å²) in [6.07, 6.45) is 0. The van der Waals surface area contributed by atoms with E-state index in [1.165, 1.54) is 0 Å². The molecule has 0 radical (unpaired) electrons. The summed E-state index contributed by atoms with van der Waals surface area (Å²) in [5.41, 5.74) is 6.94. The zero-order valence-electron chi connectivity index (χ0n) is 29.0. The predicted octanol–water partition coefficient (Wildman–Crippen LogP) is 12.0. The number of hydrogen-bond donors (Lipinski definition) is 0. The molecule has 9 rings (SSSR count). The van der Waals surface area contributed by atoms with Crippen molar-refractivity contribution in [1.82, 2.24) is 0 Å². The number of para-hydroxylation sites is 1. The largest absolute Gasteiger partial charge is 0.455 e. The van der Waals surface area contributed by atoms with Crippen LogP contribution >= 0.6 is 0 Å². The van der Waals surface area contributed by atoms with Crippen molar-refractivity contribution in [3.63, 3.8) is 0 Å². The minimum absolute atomic E-state index is 0.0114. The van der Waals surface area contributed by atoms with Crippen molar-refractivity contribution >= 4 is 54.3 Å². The highest BCUT2D eigenvalue weighted by molar-refractivity contribution is 6.24. The van der Waals surface area contributed by atoms with Crippen LogP contribution in [-0.2, 0) is 0 Å². The molecule has 0 bridgehead atoms. The molecule has 1 heterocycles. The molecule has 0 atom stereocenters. The molecule has 0 aliphatic rings. The number of rotatable bonds is 3. The summed E-state index contributed by atoms with van der Waals surface area (Å²) in [6, 6.07) is 39.7. The van der Waals surface area contributed by atoms with Gasteiger partial charge in [-0.1, -0.05) is 145 Å². The lowest BCUT2D eigenvalue weighted by molar-refractivity contribution is 0.670. The number of furan rings is 1. The SMILES string of the molecule is [2H]c1c([2H])c([2H])c2c([2H])c3c(oc4c(-c5c6ccccc6c(-c6ccc(-c7ccccc7)cc6)c6ccccc56)cccc43)c([2H])c2c1[2H]. The molecule has 0 saturated heterocycles. The Morgan fingerprint density at radius 1 is 0.419 bits per heavy atom. The number of hydrogen-bond acceptors (Lipinski definition) is 1. The summed E-state index contributed by atoms with van der Waals surface area (Å²) >= 11 is 0. The van der Waals surface area contributed by atoms with E-state index < -0.39 is 12.1 Å². The molecule has 0 spiro atoms. The molecule has 1 heteroatoms. The highest BCUT2D eigenvalue weighted by Gasteiger charge is 2.20. The monoisotopic (exact) mass is 552 g/mol. The maximum atomic E-state index is 9.17. The Balaban J connectivity index is 1.36. The van der Waals surface area contributed by atoms with Crippen molar-refractivity contribution in [3.8, 4) is 33.4 Å². The number of fused-ring (bicyclic) bond motifs is 6. The van der Waals surface area contributed by atoms with Crippen LogP contribution in [0.1, 0.15) is 8.22 Å². The molecule has 0 N–H and O–H groups in total. The van der Waals surface area contributed by atoms with Gasteiger partial charge in [-0.2, -0.15) is 0 Å². The zero-order chi connectivity index (χ0) is 33.6. The van der Waals surface area contributed by atoms with E-state index in [4.69, 9.17) is 11.3 Å². The van der Waals surface area contributed by atoms with Gasteiger partial charge >= 0.3 is 0 Å². The Labute approximate surface area is 257 Å². The van der Waals surface area contributed by atoms with Gasteiger partial charge in [0.1, 0.15) is 11.2 Å². The fourth-order valence-corrected chi connectivity index (χ4v) is 6.46. The molecule has 9 aromatic rings. The van der Waals surface area contributed by atoms with E-state index in [0.717, 1.165) is 54.9 Å². The third-order valence-electron chi connectivity index (χ3n) is 8.37. The average molecular weight is 553 g/mol. The first-order valence-electron chi connectivity index (χ1n) is 17.3. The van der Waals surface area contributed by atoms with Crippen LogP contribution < -0.4 is 0 Å². The van der Waals surface area contributed by atoms with Crippen LogP contribution in [-0.4, -0.2) is 0 Å². The van der Waals surface area contributed by atoms with Crippen LogP contribution in [0.15, 0.2) is 162 Å². The molecule has 0 fully saturated rings. The third-order valence-corrected chi connectivity index (χ3v) is 8.37. The maximum Gasteiger partial charge on any atom is 0.143 e. The molecular formula is C42H26O. The van der Waals surface area contributed by atoms with Crippen molar-refractivity contribution < 1.29 is 12.6 Å². The molecule has 8 aromatic carbocycles. The summed E-state index contributed by atoms with van der Waals surface area (Å²) in [5, 5.41) is 5.20. The maximum absolute atomic E-state index is 9.17. The van der Waals surface area contributed by atoms with E-state index in [1.807, 2.05) is 60.7 Å². The van der Waals surface area contributed by atoms with Crippen LogP contribution in [0.4, 0.5) is 0 Å². The summed E-state index contributed by atoms with van der Waals surface area (Å²) in [5.74, 6) is 0. The molecule has 43 heavy (non-hydrogen) atoms. The summed E-state index contributed by atoms with van der Waals surface area (Å²) < 4.78 is 58.3. The molecule has 200 valence electrons. The van der Waals surface area contributed by atoms with E-state index in [9.17, 15) is 1.37 Å². The van der Waals surface area contributed by atoms with Crippen LogP contribution in [0.5, 0.6) is 0 Å². The summed E-state index contributed by atoms with van der Waals surface area (Å²) in [6.45, 7) is 0. The fraction of sp³-hybridized carbons (Fsp3) is 0. The van der Waals surface area contributed by atoms with E-state index in [1.54, 1.807) is 0 Å². The summed E-state index contributed by atoms with van der Waals surface area (Å²) in [4.78, 5) is 0. The fourth-order valence-electron chi connectivity index (χ4n) is 6.46. The zero-order valence-corrected chi connectivity index (χ0v) is 23.0. The third kappa shape index (κ3) is 3.72. The van der Waals surface area contributed by atoms with Gasteiger partial charge in [-0.25, -0.2) is 0 Å². The molecule has 1 nitrogen and oxygen atoms in total. The van der Waals surface area contributed by atoms with Crippen molar-refractivity contribution in [2.75, 3.05) is 0 Å². The topological polar surface area (TPSA) is 13.1 Å². The molecule has 0 saturated carbocycles. The van der Waals surface area contributed by atoms with Crippen molar-refractivity contribution in [3.05, 3.63) is 158 Å². The van der Waals surface area contributed by atoms with Crippen molar-refractivity contribution in [1.29, 1.82) is 0 Å². The van der Waals surface area contributed by atoms with Crippen LogP contribution in [0.2, 0.25) is 0 Å². The second kappa shape index (κ2) is 9.44. The van der Waals surface area contributed by atoms with Crippen LogP contribution in [0, 0.1) is 0 Å². The quantitative estimate of drug-likeness (QED) is 0.199. The van der Waals surface area contributed by atoms with Crippen LogP contribution in [0.25, 0.3) is 87.6 Å². The molecule has 0 aliphatic carbocycles. The first kappa shape index (κ1) is 18.7. The lowest BCUT2D eigenvalue weighted by atomic mass is 9.85. The first-order valence-corrected chi connectivity index (χ1v) is 14.3. The Kier molecular flexibility index (Phi) is 4.11. The highest BCUT2D eigenvalue weighted by Crippen LogP contribution is 2.46. The van der Waals surface area contributed by atoms with Crippen molar-refractivity contribution in [2.24, 2.45) is 0 Å². The van der Waals surface area contributed by atoms with Gasteiger partial charge in [-0.05, 0) is 66.7 Å². The first-order chi connectivity index (χ1) is 23.8. The normalized spacial score (nSPS) is 13.7. The highest BCUT2D eigenvalue weighted by atomic mass is 16.3. The van der Waals surface area contributed by atoms with E-state index in [2.05, 4.69) is 60.7 Å². The Morgan fingerprint density at radius 3 is 1.63 bits per heavy atom. The molecule has 0 amide bonds. The Bertz CT molecular complexity index is 2760. The second-order valence-corrected chi connectivity index (χ2v) is 10.8. The Morgan fingerprint density at radius 2 is 0.953 bits per heavy atom. The molecule has 1 aromatic heterocycles. The standard InChI is InChI=1S/C42H26O/c1-2-11-27(12-3-1)28-21-23-29(24-22-28)40-32-15-6-8-17-34(32)41(35-18-9-7-16-33(35)40)37-20-10-19-36-38-25-30-13-4-5-14-31(30)26-39(38)43-42(36)37/h1-26H/i4D,5D,13D,14D,25D,26D. The average Bonchev–Trinajstić information content (AvgIpc) is 3.55. The number of benzene rings is 8. The second-order valence-electron chi connectivity index (χ2n) is 10.8. The van der Waals surface area contributed by atoms with Gasteiger partial charge in [0, 0.05) is 21.9 Å². The van der Waals surface area contributed by atoms with Gasteiger partial charge in [0.05, 0.1) is 8.22 Å². The van der Waals surface area contributed by atoms with Gasteiger partial charge in [0.25, 0.3) is 0 Å². The van der Waals surface area contributed by atoms with E-state index in [-0.39, 0.29) is 40.5 Å². The van der Waals surface area contributed by atoms with Gasteiger partial charge in [-0.3, -0.25) is 0 Å². The lowest BCUT2D eigenvalue weighted by Gasteiger charge is -2.18. The van der Waals surface area contributed by atoms with Crippen LogP contribution in [0.3, 0.4) is 0 Å². The summed E-state index contributed by atoms with van der Waals surface area (Å²) in [7, 11) is 0. The van der Waals surface area contributed by atoms with E-state index in [0.29, 0.717) is 16.4 Å². The van der Waals surface area contributed by atoms with Crippen molar-refractivity contribution in [2.45, 2.75) is 0 Å². The van der Waals surface area contributed by atoms with Gasteiger partial charge in [-0.15, -0.1) is 0 Å². The molecule has 0 unspecified atom stereocenters. The van der Waals surface area contributed by atoms with E-state index >= 15 is 0 Å². The van der Waals surface area contributed by atoms with Gasteiger partial charge in [0.15, 0.2) is 0 Å². The Hall–Kier alpha value is -5.66. The molecular weight excluding hydrogens is 520 g/mol. The predicted molar refractivity (Wildman–Crippen MR) is 183 cm³/mol. The van der Waals surface area contributed by atoms with Gasteiger partial charge < -0.3 is 4.42 Å². The minimum Gasteiger partial charge on any atom is -0.455 e. The van der Waals surface area contributed by atoms with Gasteiger partial charge in [0.2, 0.25) is 0 Å². The molecule has 0 aliphatic heterocycles. The smallest absolute Gasteiger partial charge is 0.143 e. The minimum atomic E-state index is -0.436.